The lowest BCUT2D eigenvalue weighted by molar-refractivity contribution is -0.144. The van der Waals surface area contributed by atoms with Gasteiger partial charge in [0.2, 0.25) is 5.91 Å². The molecule has 5 rings (SSSR count). The zero-order chi connectivity index (χ0) is 22.4. The number of rotatable bonds is 3. The van der Waals surface area contributed by atoms with Crippen molar-refractivity contribution in [2.45, 2.75) is 77.0 Å². The number of nitrogens with two attached hydrogens (primary N) is 1. The highest BCUT2D eigenvalue weighted by molar-refractivity contribution is 5.80. The number of nitrogens with zero attached hydrogens (tertiary/aromatic N) is 5. The first-order valence-corrected chi connectivity index (χ1v) is 12.3. The van der Waals surface area contributed by atoms with E-state index in [1.165, 1.54) is 0 Å². The number of hydrogen-bond donors (Lipinski definition) is 2. The van der Waals surface area contributed by atoms with Gasteiger partial charge in [0.05, 0.1) is 17.8 Å². The van der Waals surface area contributed by atoms with Gasteiger partial charge in [0.1, 0.15) is 5.82 Å². The molecule has 3 N–H and O–H groups in total. The molecule has 3 aliphatic rings. The lowest BCUT2D eigenvalue weighted by Gasteiger charge is -2.40. The van der Waals surface area contributed by atoms with Crippen molar-refractivity contribution < 1.29 is 9.90 Å². The number of amides is 1. The highest BCUT2D eigenvalue weighted by atomic mass is 16.3. The molecule has 2 aromatic heterocycles. The highest BCUT2D eigenvalue weighted by Crippen LogP contribution is 2.37. The van der Waals surface area contributed by atoms with Gasteiger partial charge in [-0.15, -0.1) is 0 Å². The van der Waals surface area contributed by atoms with Crippen LogP contribution < -0.4 is 10.6 Å². The number of likely N-dealkylation sites (tertiary alicyclic amines) is 1. The summed E-state index contributed by atoms with van der Waals surface area (Å²) in [5.41, 5.74) is 8.94. The van der Waals surface area contributed by atoms with Crippen molar-refractivity contribution in [2.75, 3.05) is 24.5 Å². The zero-order valence-electron chi connectivity index (χ0n) is 19.3. The molecule has 32 heavy (non-hydrogen) atoms. The van der Waals surface area contributed by atoms with Crippen molar-refractivity contribution in [2.24, 2.45) is 17.6 Å². The Hall–Kier alpha value is -2.19. The molecule has 4 heterocycles. The third-order valence-electron chi connectivity index (χ3n) is 7.76. The molecule has 0 bridgehead atoms. The highest BCUT2D eigenvalue weighted by Gasteiger charge is 2.38. The van der Waals surface area contributed by atoms with Crippen LogP contribution in [0.15, 0.2) is 12.3 Å². The fourth-order valence-corrected chi connectivity index (χ4v) is 5.84. The van der Waals surface area contributed by atoms with Crippen LogP contribution in [-0.4, -0.2) is 62.3 Å². The van der Waals surface area contributed by atoms with Gasteiger partial charge in [-0.05, 0) is 57.8 Å². The third-order valence-corrected chi connectivity index (χ3v) is 7.76. The number of aryl methyl sites for hydroxylation is 1. The van der Waals surface area contributed by atoms with Gasteiger partial charge in [-0.2, -0.15) is 5.10 Å². The van der Waals surface area contributed by atoms with E-state index < -0.39 is 0 Å². The van der Waals surface area contributed by atoms with Crippen molar-refractivity contribution >= 4 is 17.4 Å². The first kappa shape index (κ1) is 21.6. The van der Waals surface area contributed by atoms with E-state index in [0.29, 0.717) is 12.3 Å². The van der Waals surface area contributed by atoms with Crippen molar-refractivity contribution in [3.63, 3.8) is 0 Å². The SMILES string of the molecule is Cc1cn2nc(C3CCCCN3C(=O)C3CC(O)CCC3C)cc2nc1N1CCC(N)C1. The number of carbonyl (C=O) groups excluding carboxylic acids is 1. The first-order valence-electron chi connectivity index (χ1n) is 12.3. The lowest BCUT2D eigenvalue weighted by Crippen LogP contribution is -2.45. The van der Waals surface area contributed by atoms with Crippen LogP contribution in [0.2, 0.25) is 0 Å². The van der Waals surface area contributed by atoms with Crippen LogP contribution in [0, 0.1) is 18.8 Å². The van der Waals surface area contributed by atoms with E-state index in [-0.39, 0.29) is 30.0 Å². The summed E-state index contributed by atoms with van der Waals surface area (Å²) in [6.45, 7) is 6.75. The lowest BCUT2D eigenvalue weighted by atomic mass is 9.77. The predicted octanol–water partition coefficient (Wildman–Crippen LogP) is 2.43. The Morgan fingerprint density at radius 1 is 1.19 bits per heavy atom. The standard InChI is InChI=1S/C24H36N6O2/c1-15-6-7-18(31)11-19(15)24(32)29-9-4-3-5-21(29)20-12-22-26-23(16(2)13-30(22)27-20)28-10-8-17(25)14-28/h12-13,15,17-19,21,31H,3-11,14,25H2,1-2H3. The quantitative estimate of drug-likeness (QED) is 0.760. The molecule has 174 valence electrons. The predicted molar refractivity (Wildman–Crippen MR) is 123 cm³/mol. The van der Waals surface area contributed by atoms with E-state index in [0.717, 1.165) is 80.9 Å². The van der Waals surface area contributed by atoms with Crippen molar-refractivity contribution in [1.29, 1.82) is 0 Å². The molecule has 0 aromatic carbocycles. The summed E-state index contributed by atoms with van der Waals surface area (Å²) in [5, 5.41) is 15.0. The van der Waals surface area contributed by atoms with Gasteiger partial charge < -0.3 is 20.6 Å². The molecule has 5 atom stereocenters. The largest absolute Gasteiger partial charge is 0.393 e. The van der Waals surface area contributed by atoms with Crippen LogP contribution in [0.3, 0.4) is 0 Å². The topological polar surface area (TPSA) is 100.0 Å². The molecule has 2 aliphatic heterocycles. The second-order valence-corrected chi connectivity index (χ2v) is 10.2. The molecule has 2 saturated heterocycles. The van der Waals surface area contributed by atoms with Gasteiger partial charge in [0.15, 0.2) is 5.65 Å². The Kier molecular flexibility index (Phi) is 5.84. The molecular weight excluding hydrogens is 404 g/mol. The van der Waals surface area contributed by atoms with E-state index in [1.807, 2.05) is 21.7 Å². The number of hydrogen-bond acceptors (Lipinski definition) is 6. The normalized spacial score (nSPS) is 31.4. The number of anilines is 1. The maximum Gasteiger partial charge on any atom is 0.226 e. The summed E-state index contributed by atoms with van der Waals surface area (Å²) < 4.78 is 1.86. The van der Waals surface area contributed by atoms with Crippen molar-refractivity contribution in [1.82, 2.24) is 19.5 Å². The number of carbonyl (C=O) groups is 1. The third kappa shape index (κ3) is 3.99. The molecule has 8 heteroatoms. The fraction of sp³-hybridized carbons (Fsp3) is 0.708. The molecule has 8 nitrogen and oxygen atoms in total. The fourth-order valence-electron chi connectivity index (χ4n) is 5.84. The number of aliphatic hydroxyl groups excluding tert-OH is 1. The summed E-state index contributed by atoms with van der Waals surface area (Å²) in [6, 6.07) is 2.23. The molecule has 5 unspecified atom stereocenters. The minimum atomic E-state index is -0.358. The van der Waals surface area contributed by atoms with E-state index in [2.05, 4.69) is 18.7 Å². The molecular formula is C24H36N6O2. The van der Waals surface area contributed by atoms with Gasteiger partial charge in [-0.25, -0.2) is 9.50 Å². The van der Waals surface area contributed by atoms with Crippen LogP contribution in [0.1, 0.15) is 69.2 Å². The molecule has 3 fully saturated rings. The second-order valence-electron chi connectivity index (χ2n) is 10.2. The second kappa shape index (κ2) is 8.63. The van der Waals surface area contributed by atoms with Crippen molar-refractivity contribution in [3.05, 3.63) is 23.5 Å². The van der Waals surface area contributed by atoms with Gasteiger partial charge in [-0.1, -0.05) is 6.92 Å². The summed E-state index contributed by atoms with van der Waals surface area (Å²) in [7, 11) is 0. The monoisotopic (exact) mass is 440 g/mol. The average Bonchev–Trinajstić information content (AvgIpc) is 3.40. The van der Waals surface area contributed by atoms with Gasteiger partial charge >= 0.3 is 0 Å². The van der Waals surface area contributed by atoms with Gasteiger partial charge in [0.25, 0.3) is 0 Å². The maximum absolute atomic E-state index is 13.6. The Balaban J connectivity index is 1.43. The van der Waals surface area contributed by atoms with Crippen LogP contribution in [0.5, 0.6) is 0 Å². The number of piperidine rings is 1. The van der Waals surface area contributed by atoms with Crippen LogP contribution in [0.4, 0.5) is 5.82 Å². The van der Waals surface area contributed by atoms with Crippen molar-refractivity contribution in [3.8, 4) is 0 Å². The van der Waals surface area contributed by atoms with E-state index in [9.17, 15) is 9.90 Å². The summed E-state index contributed by atoms with van der Waals surface area (Å²) in [4.78, 5) is 22.8. The summed E-state index contributed by atoms with van der Waals surface area (Å²) >= 11 is 0. The Labute approximate surface area is 189 Å². The zero-order valence-corrected chi connectivity index (χ0v) is 19.3. The number of aliphatic hydroxyl groups is 1. The maximum atomic E-state index is 13.6. The molecule has 1 aliphatic carbocycles. The smallest absolute Gasteiger partial charge is 0.226 e. The molecule has 1 saturated carbocycles. The molecule has 0 radical (unpaired) electrons. The van der Waals surface area contributed by atoms with E-state index in [4.69, 9.17) is 15.8 Å². The minimum Gasteiger partial charge on any atom is -0.393 e. The Bertz CT molecular complexity index is 990. The summed E-state index contributed by atoms with van der Waals surface area (Å²) in [6.07, 6.45) is 8.01. The number of fused-ring (bicyclic) bond motifs is 1. The summed E-state index contributed by atoms with van der Waals surface area (Å²) in [5.74, 6) is 1.39. The Morgan fingerprint density at radius 2 is 2.03 bits per heavy atom. The van der Waals surface area contributed by atoms with Gasteiger partial charge in [-0.3, -0.25) is 4.79 Å². The number of aromatic nitrogens is 3. The minimum absolute atomic E-state index is 0.0202. The molecule has 0 spiro atoms. The first-order chi connectivity index (χ1) is 15.4. The van der Waals surface area contributed by atoms with E-state index >= 15 is 0 Å². The van der Waals surface area contributed by atoms with Crippen LogP contribution in [-0.2, 0) is 4.79 Å². The van der Waals surface area contributed by atoms with Crippen LogP contribution >= 0.6 is 0 Å². The average molecular weight is 441 g/mol. The Morgan fingerprint density at radius 3 is 2.81 bits per heavy atom. The molecule has 2 aromatic rings. The van der Waals surface area contributed by atoms with Crippen LogP contribution in [0.25, 0.3) is 5.65 Å². The molecule has 1 amide bonds. The van der Waals surface area contributed by atoms with E-state index in [1.54, 1.807) is 0 Å². The van der Waals surface area contributed by atoms with Gasteiger partial charge in [0, 0.05) is 49.4 Å².